The van der Waals surface area contributed by atoms with Crippen molar-refractivity contribution >= 4 is 23.4 Å². The van der Waals surface area contributed by atoms with Crippen molar-refractivity contribution in [3.63, 3.8) is 0 Å². The van der Waals surface area contributed by atoms with Gasteiger partial charge in [-0.05, 0) is 29.3 Å². The van der Waals surface area contributed by atoms with Crippen LogP contribution in [0.2, 0.25) is 5.02 Å². The molecule has 0 spiro atoms. The first-order chi connectivity index (χ1) is 8.25. The van der Waals surface area contributed by atoms with Crippen LogP contribution in [0.3, 0.4) is 0 Å². The summed E-state index contributed by atoms with van der Waals surface area (Å²) < 4.78 is 0. The number of halogens is 1. The zero-order chi connectivity index (χ0) is 11.8. The minimum atomic E-state index is -0.574. The first-order valence-corrected chi connectivity index (χ1v) is 6.80. The first kappa shape index (κ1) is 11.1. The Morgan fingerprint density at radius 3 is 2.82 bits per heavy atom. The van der Waals surface area contributed by atoms with Crippen molar-refractivity contribution in [2.24, 2.45) is 0 Å². The predicted octanol–water partition coefficient (Wildman–Crippen LogP) is 4.03. The summed E-state index contributed by atoms with van der Waals surface area (Å²) in [5, 5.41) is 11.1. The highest BCUT2D eigenvalue weighted by atomic mass is 35.5. The molecule has 1 aliphatic rings. The highest BCUT2D eigenvalue weighted by Crippen LogP contribution is 2.40. The van der Waals surface area contributed by atoms with Crippen molar-refractivity contribution in [2.75, 3.05) is 0 Å². The molecule has 17 heavy (non-hydrogen) atoms. The Kier molecular flexibility index (Phi) is 2.87. The van der Waals surface area contributed by atoms with E-state index in [9.17, 15) is 5.11 Å². The van der Waals surface area contributed by atoms with Crippen LogP contribution in [0.1, 0.15) is 22.8 Å². The van der Waals surface area contributed by atoms with Gasteiger partial charge in [-0.25, -0.2) is 0 Å². The highest BCUT2D eigenvalue weighted by Gasteiger charge is 2.21. The number of aliphatic hydroxyl groups excluding tert-OH is 1. The minimum Gasteiger partial charge on any atom is -0.384 e. The third kappa shape index (κ3) is 1.97. The van der Waals surface area contributed by atoms with Gasteiger partial charge in [-0.3, -0.25) is 0 Å². The van der Waals surface area contributed by atoms with E-state index < -0.39 is 6.10 Å². The maximum Gasteiger partial charge on any atom is 0.105 e. The topological polar surface area (TPSA) is 20.2 Å². The smallest absolute Gasteiger partial charge is 0.105 e. The van der Waals surface area contributed by atoms with Crippen LogP contribution in [-0.4, -0.2) is 5.11 Å². The highest BCUT2D eigenvalue weighted by molar-refractivity contribution is 7.98. The lowest BCUT2D eigenvalue weighted by molar-refractivity contribution is 0.217. The number of aliphatic hydroxyl groups is 1. The van der Waals surface area contributed by atoms with Gasteiger partial charge < -0.3 is 5.11 Å². The second-order valence-corrected chi connectivity index (χ2v) is 5.53. The molecule has 0 fully saturated rings. The Balaban J connectivity index is 2.18. The van der Waals surface area contributed by atoms with Crippen molar-refractivity contribution in [3.05, 3.63) is 64.2 Å². The zero-order valence-electron chi connectivity index (χ0n) is 9.06. The van der Waals surface area contributed by atoms with Crippen molar-refractivity contribution in [1.82, 2.24) is 0 Å². The van der Waals surface area contributed by atoms with Crippen LogP contribution in [0.5, 0.6) is 0 Å². The summed E-state index contributed by atoms with van der Waals surface area (Å²) in [4.78, 5) is 1.11. The third-order valence-electron chi connectivity index (χ3n) is 3.00. The molecule has 3 rings (SSSR count). The molecule has 0 saturated heterocycles. The van der Waals surface area contributed by atoms with Crippen LogP contribution in [-0.2, 0) is 5.75 Å². The van der Waals surface area contributed by atoms with Crippen molar-refractivity contribution in [3.8, 4) is 0 Å². The van der Waals surface area contributed by atoms with Gasteiger partial charge in [-0.1, -0.05) is 35.9 Å². The van der Waals surface area contributed by atoms with E-state index >= 15 is 0 Å². The summed E-state index contributed by atoms with van der Waals surface area (Å²) in [5.41, 5.74) is 3.09. The van der Waals surface area contributed by atoms with Gasteiger partial charge in [0, 0.05) is 21.2 Å². The number of rotatable bonds is 0. The monoisotopic (exact) mass is 262 g/mol. The molecule has 0 aliphatic carbocycles. The summed E-state index contributed by atoms with van der Waals surface area (Å²) in [6.45, 7) is 0. The Hall–Kier alpha value is -0.960. The molecule has 0 aromatic heterocycles. The van der Waals surface area contributed by atoms with Crippen LogP contribution in [0, 0.1) is 0 Å². The number of benzene rings is 2. The van der Waals surface area contributed by atoms with Crippen LogP contribution in [0.25, 0.3) is 0 Å². The average molecular weight is 263 g/mol. The molecule has 0 saturated carbocycles. The molecule has 1 nitrogen and oxygen atoms in total. The van der Waals surface area contributed by atoms with Gasteiger partial charge in [-0.15, -0.1) is 11.8 Å². The lowest BCUT2D eigenvalue weighted by Gasteiger charge is -2.13. The van der Waals surface area contributed by atoms with Gasteiger partial charge in [0.05, 0.1) is 0 Å². The van der Waals surface area contributed by atoms with Gasteiger partial charge in [-0.2, -0.15) is 0 Å². The molecule has 2 aromatic rings. The summed E-state index contributed by atoms with van der Waals surface area (Å²) in [7, 11) is 0. The van der Waals surface area contributed by atoms with E-state index in [-0.39, 0.29) is 0 Å². The molecular formula is C14H11ClOS. The quantitative estimate of drug-likeness (QED) is 0.774. The predicted molar refractivity (Wildman–Crippen MR) is 71.5 cm³/mol. The zero-order valence-corrected chi connectivity index (χ0v) is 10.6. The number of thioether (sulfide) groups is 1. The van der Waals surface area contributed by atoms with Crippen molar-refractivity contribution in [1.29, 1.82) is 0 Å². The Morgan fingerprint density at radius 1 is 1.12 bits per heavy atom. The lowest BCUT2D eigenvalue weighted by Crippen LogP contribution is -2.01. The lowest BCUT2D eigenvalue weighted by atomic mass is 9.98. The Bertz CT molecular complexity index is 568. The fourth-order valence-electron chi connectivity index (χ4n) is 2.12. The summed E-state index contributed by atoms with van der Waals surface area (Å²) >= 11 is 7.75. The standard InChI is InChI=1S/C14H11ClOS/c15-10-5-6-13-12(7-10)14(16)11-4-2-1-3-9(11)8-17-13/h1-7,14,16H,8H2/t14-/m1/s1. The fourth-order valence-corrected chi connectivity index (χ4v) is 3.38. The molecule has 0 bridgehead atoms. The molecule has 0 unspecified atom stereocenters. The van der Waals surface area contributed by atoms with Crippen LogP contribution < -0.4 is 0 Å². The SMILES string of the molecule is O[C@@H]1c2ccccc2CSc2ccc(Cl)cc21. The molecule has 0 radical (unpaired) electrons. The van der Waals surface area contributed by atoms with Crippen LogP contribution in [0.15, 0.2) is 47.4 Å². The maximum atomic E-state index is 10.4. The third-order valence-corrected chi connectivity index (χ3v) is 4.37. The normalized spacial score (nSPS) is 18.1. The molecule has 1 N–H and O–H groups in total. The summed E-state index contributed by atoms with van der Waals surface area (Å²) in [6.07, 6.45) is -0.574. The number of hydrogen-bond donors (Lipinski definition) is 1. The fraction of sp³-hybridized carbons (Fsp3) is 0.143. The van der Waals surface area contributed by atoms with Gasteiger partial charge in [0.25, 0.3) is 0 Å². The van der Waals surface area contributed by atoms with Crippen LogP contribution >= 0.6 is 23.4 Å². The van der Waals surface area contributed by atoms with E-state index in [0.29, 0.717) is 5.02 Å². The largest absolute Gasteiger partial charge is 0.384 e. The van der Waals surface area contributed by atoms with E-state index in [1.165, 1.54) is 5.56 Å². The van der Waals surface area contributed by atoms with Crippen molar-refractivity contribution < 1.29 is 5.11 Å². The molecule has 1 aliphatic heterocycles. The molecular weight excluding hydrogens is 252 g/mol. The van der Waals surface area contributed by atoms with E-state index in [4.69, 9.17) is 11.6 Å². The van der Waals surface area contributed by atoms with E-state index in [1.807, 2.05) is 36.4 Å². The molecule has 1 heterocycles. The number of fused-ring (bicyclic) bond motifs is 2. The van der Waals surface area contributed by atoms with E-state index in [2.05, 4.69) is 6.07 Å². The van der Waals surface area contributed by atoms with Crippen molar-refractivity contribution in [2.45, 2.75) is 16.8 Å². The molecule has 3 heteroatoms. The van der Waals surface area contributed by atoms with Crippen LogP contribution in [0.4, 0.5) is 0 Å². The summed E-state index contributed by atoms with van der Waals surface area (Å²) in [6, 6.07) is 13.7. The Labute approximate surface area is 109 Å². The molecule has 1 atom stereocenters. The second-order valence-electron chi connectivity index (χ2n) is 4.07. The Morgan fingerprint density at radius 2 is 1.94 bits per heavy atom. The number of hydrogen-bond acceptors (Lipinski definition) is 2. The maximum absolute atomic E-state index is 10.4. The van der Waals surface area contributed by atoms with Gasteiger partial charge in [0.1, 0.15) is 6.10 Å². The van der Waals surface area contributed by atoms with Gasteiger partial charge >= 0.3 is 0 Å². The van der Waals surface area contributed by atoms with Gasteiger partial charge in [0.2, 0.25) is 0 Å². The summed E-state index contributed by atoms with van der Waals surface area (Å²) in [5.74, 6) is 0.891. The molecule has 86 valence electrons. The first-order valence-electron chi connectivity index (χ1n) is 5.44. The minimum absolute atomic E-state index is 0.574. The van der Waals surface area contributed by atoms with E-state index in [1.54, 1.807) is 11.8 Å². The molecule has 2 aromatic carbocycles. The van der Waals surface area contributed by atoms with E-state index in [0.717, 1.165) is 21.8 Å². The average Bonchev–Trinajstić information content (AvgIpc) is 2.49. The second kappa shape index (κ2) is 4.37. The molecule has 0 amide bonds. The van der Waals surface area contributed by atoms with Gasteiger partial charge in [0.15, 0.2) is 0 Å².